The number of nitrogens with zero attached hydrogens (tertiary/aromatic N) is 1. The number of aryl methyl sites for hydroxylation is 2. The van der Waals surface area contributed by atoms with Gasteiger partial charge in [0, 0.05) is 4.88 Å². The zero-order valence-corrected chi connectivity index (χ0v) is 18.4. The molecule has 3 aromatic rings. The molecule has 0 amide bonds. The van der Waals surface area contributed by atoms with Gasteiger partial charge in [-0.2, -0.15) is 0 Å². The lowest BCUT2D eigenvalue weighted by Gasteiger charge is -2.22. The minimum Gasteiger partial charge on any atom is -0.482 e. The van der Waals surface area contributed by atoms with Crippen LogP contribution >= 0.6 is 11.3 Å². The van der Waals surface area contributed by atoms with Crippen molar-refractivity contribution in [3.63, 3.8) is 0 Å². The van der Waals surface area contributed by atoms with Gasteiger partial charge in [-0.15, -0.1) is 11.3 Å². The molecular formula is C22H26N2O4S. The lowest BCUT2D eigenvalue weighted by molar-refractivity contribution is -0.151. The second kappa shape index (κ2) is 7.99. The van der Waals surface area contributed by atoms with Crippen LogP contribution in [-0.2, 0) is 14.9 Å². The van der Waals surface area contributed by atoms with Gasteiger partial charge >= 0.3 is 5.97 Å². The van der Waals surface area contributed by atoms with E-state index in [0.29, 0.717) is 21.8 Å². The standard InChI is InChI=1S/C22H26N2O4S/c1-12-14(3)29-21-18(12)20(26)23-19(24-21)13(2)28-17(25)11-27-16-10-8-7-9-15(16)22(4,5)6/h7-10,13H,11H2,1-6H3,(H,23,24,26)/t13-/m0/s1. The third kappa shape index (κ3) is 4.50. The third-order valence-electron chi connectivity index (χ3n) is 4.79. The van der Waals surface area contributed by atoms with Crippen LogP contribution in [0.4, 0.5) is 0 Å². The van der Waals surface area contributed by atoms with Crippen LogP contribution in [0.25, 0.3) is 10.2 Å². The fraction of sp³-hybridized carbons (Fsp3) is 0.409. The average Bonchev–Trinajstić information content (AvgIpc) is 2.93. The predicted molar refractivity (Wildman–Crippen MR) is 115 cm³/mol. The van der Waals surface area contributed by atoms with Crippen LogP contribution in [0.15, 0.2) is 29.1 Å². The molecule has 154 valence electrons. The van der Waals surface area contributed by atoms with Crippen LogP contribution in [0.3, 0.4) is 0 Å². The maximum absolute atomic E-state index is 12.4. The Hall–Kier alpha value is -2.67. The van der Waals surface area contributed by atoms with Gasteiger partial charge in [-0.05, 0) is 43.4 Å². The molecule has 2 aromatic heterocycles. The highest BCUT2D eigenvalue weighted by Gasteiger charge is 2.21. The zero-order chi connectivity index (χ0) is 21.3. The summed E-state index contributed by atoms with van der Waals surface area (Å²) in [6.45, 7) is 11.6. The highest BCUT2D eigenvalue weighted by Crippen LogP contribution is 2.31. The maximum atomic E-state index is 12.4. The molecule has 7 heteroatoms. The monoisotopic (exact) mass is 414 g/mol. The summed E-state index contributed by atoms with van der Waals surface area (Å²) in [5.74, 6) is 0.455. The molecule has 0 radical (unpaired) electrons. The van der Waals surface area contributed by atoms with Gasteiger partial charge < -0.3 is 14.5 Å². The van der Waals surface area contributed by atoms with Crippen LogP contribution in [0, 0.1) is 13.8 Å². The molecule has 0 aliphatic carbocycles. The molecule has 0 bridgehead atoms. The molecule has 3 rings (SSSR count). The number of aromatic amines is 1. The second-order valence-corrected chi connectivity index (χ2v) is 9.28. The number of nitrogens with one attached hydrogen (secondary N) is 1. The van der Waals surface area contributed by atoms with Crippen molar-refractivity contribution in [3.05, 3.63) is 56.4 Å². The fourth-order valence-electron chi connectivity index (χ4n) is 3.10. The second-order valence-electron chi connectivity index (χ2n) is 8.08. The lowest BCUT2D eigenvalue weighted by atomic mass is 9.86. The molecule has 0 unspecified atom stereocenters. The Kier molecular flexibility index (Phi) is 5.80. The Morgan fingerprint density at radius 3 is 2.62 bits per heavy atom. The number of ether oxygens (including phenoxy) is 2. The average molecular weight is 415 g/mol. The Morgan fingerprint density at radius 1 is 1.24 bits per heavy atom. The number of benzene rings is 1. The SMILES string of the molecule is Cc1sc2nc([C@H](C)OC(=O)COc3ccccc3C(C)(C)C)[nH]c(=O)c2c1C. The first-order chi connectivity index (χ1) is 13.6. The van der Waals surface area contributed by atoms with Crippen LogP contribution in [-0.4, -0.2) is 22.5 Å². The molecule has 29 heavy (non-hydrogen) atoms. The quantitative estimate of drug-likeness (QED) is 0.618. The Labute approximate surface area is 173 Å². The maximum Gasteiger partial charge on any atom is 0.344 e. The predicted octanol–water partition coefficient (Wildman–Crippen LogP) is 4.58. The first kappa shape index (κ1) is 21.0. The molecule has 2 heterocycles. The lowest BCUT2D eigenvalue weighted by Crippen LogP contribution is -2.21. The van der Waals surface area contributed by atoms with Crippen LogP contribution in [0.5, 0.6) is 5.75 Å². The number of para-hydroxylation sites is 1. The zero-order valence-electron chi connectivity index (χ0n) is 17.6. The van der Waals surface area contributed by atoms with Gasteiger partial charge in [0.15, 0.2) is 18.5 Å². The van der Waals surface area contributed by atoms with E-state index in [2.05, 4.69) is 30.7 Å². The van der Waals surface area contributed by atoms with Crippen molar-refractivity contribution in [2.45, 2.75) is 53.1 Å². The summed E-state index contributed by atoms with van der Waals surface area (Å²) in [5.41, 5.74) is 1.62. The van der Waals surface area contributed by atoms with Crippen molar-refractivity contribution < 1.29 is 14.3 Å². The van der Waals surface area contributed by atoms with Gasteiger partial charge in [0.1, 0.15) is 10.6 Å². The van der Waals surface area contributed by atoms with Crippen molar-refractivity contribution in [2.24, 2.45) is 0 Å². The van der Waals surface area contributed by atoms with Crippen molar-refractivity contribution in [1.29, 1.82) is 0 Å². The molecule has 1 N–H and O–H groups in total. The van der Waals surface area contributed by atoms with Gasteiger partial charge in [0.2, 0.25) is 0 Å². The summed E-state index contributed by atoms with van der Waals surface area (Å²) in [7, 11) is 0. The van der Waals surface area contributed by atoms with E-state index < -0.39 is 12.1 Å². The van der Waals surface area contributed by atoms with Gasteiger partial charge in [0.25, 0.3) is 5.56 Å². The Bertz CT molecular complexity index is 1110. The van der Waals surface area contributed by atoms with Gasteiger partial charge in [0.05, 0.1) is 5.39 Å². The van der Waals surface area contributed by atoms with E-state index in [1.54, 1.807) is 6.92 Å². The van der Waals surface area contributed by atoms with Crippen LogP contribution in [0.2, 0.25) is 0 Å². The van der Waals surface area contributed by atoms with E-state index in [9.17, 15) is 9.59 Å². The Balaban J connectivity index is 1.71. The highest BCUT2D eigenvalue weighted by molar-refractivity contribution is 7.18. The summed E-state index contributed by atoms with van der Waals surface area (Å²) in [4.78, 5) is 33.6. The summed E-state index contributed by atoms with van der Waals surface area (Å²) >= 11 is 1.46. The topological polar surface area (TPSA) is 81.3 Å². The van der Waals surface area contributed by atoms with E-state index in [0.717, 1.165) is 16.0 Å². The molecule has 0 saturated heterocycles. The summed E-state index contributed by atoms with van der Waals surface area (Å²) in [5, 5.41) is 0.594. The van der Waals surface area contributed by atoms with Crippen LogP contribution in [0.1, 0.15) is 55.6 Å². The number of hydrogen-bond acceptors (Lipinski definition) is 6. The van der Waals surface area contributed by atoms with Crippen LogP contribution < -0.4 is 10.3 Å². The number of carbonyl (C=O) groups excluding carboxylic acids is 1. The highest BCUT2D eigenvalue weighted by atomic mass is 32.1. The third-order valence-corrected chi connectivity index (χ3v) is 5.89. The number of rotatable bonds is 5. The number of carbonyl (C=O) groups is 1. The Morgan fingerprint density at radius 2 is 1.93 bits per heavy atom. The number of esters is 1. The summed E-state index contributed by atoms with van der Waals surface area (Å²) < 4.78 is 11.1. The van der Waals surface area contributed by atoms with E-state index in [-0.39, 0.29) is 17.6 Å². The molecule has 0 saturated carbocycles. The first-order valence-corrected chi connectivity index (χ1v) is 10.3. The number of thiophene rings is 1. The number of hydrogen-bond donors (Lipinski definition) is 1. The van der Waals surface area contributed by atoms with E-state index in [1.807, 2.05) is 38.1 Å². The molecule has 0 aliphatic heterocycles. The molecule has 1 aromatic carbocycles. The molecule has 6 nitrogen and oxygen atoms in total. The summed E-state index contributed by atoms with van der Waals surface area (Å²) in [6.07, 6.45) is -0.691. The van der Waals surface area contributed by atoms with E-state index >= 15 is 0 Å². The minimum absolute atomic E-state index is 0.108. The first-order valence-electron chi connectivity index (χ1n) is 9.49. The van der Waals surface area contributed by atoms with Crippen molar-refractivity contribution in [1.82, 2.24) is 9.97 Å². The fourth-order valence-corrected chi connectivity index (χ4v) is 4.14. The molecular weight excluding hydrogens is 388 g/mol. The number of H-pyrrole nitrogens is 1. The number of aromatic nitrogens is 2. The summed E-state index contributed by atoms with van der Waals surface area (Å²) in [6, 6.07) is 7.64. The molecule has 0 spiro atoms. The smallest absolute Gasteiger partial charge is 0.344 e. The molecule has 1 atom stereocenters. The molecule has 0 aliphatic rings. The van der Waals surface area contributed by atoms with E-state index in [4.69, 9.17) is 9.47 Å². The minimum atomic E-state index is -0.691. The molecule has 0 fully saturated rings. The number of fused-ring (bicyclic) bond motifs is 1. The van der Waals surface area contributed by atoms with E-state index in [1.165, 1.54) is 11.3 Å². The normalized spacial score (nSPS) is 12.8. The van der Waals surface area contributed by atoms with Crippen molar-refractivity contribution in [2.75, 3.05) is 6.61 Å². The van der Waals surface area contributed by atoms with Gasteiger partial charge in [-0.25, -0.2) is 9.78 Å². The van der Waals surface area contributed by atoms with Gasteiger partial charge in [-0.1, -0.05) is 39.0 Å². The largest absolute Gasteiger partial charge is 0.482 e. The van der Waals surface area contributed by atoms with Gasteiger partial charge in [-0.3, -0.25) is 4.79 Å². The van der Waals surface area contributed by atoms with Crippen molar-refractivity contribution in [3.8, 4) is 5.75 Å². The van der Waals surface area contributed by atoms with Crippen molar-refractivity contribution >= 4 is 27.5 Å².